The quantitative estimate of drug-likeness (QED) is 0.656. The van der Waals surface area contributed by atoms with Gasteiger partial charge in [-0.15, -0.1) is 0 Å². The Morgan fingerprint density at radius 2 is 1.88 bits per heavy atom. The van der Waals surface area contributed by atoms with Gasteiger partial charge in [-0.3, -0.25) is 9.69 Å². The van der Waals surface area contributed by atoms with Crippen LogP contribution in [0.4, 0.5) is 0 Å². The van der Waals surface area contributed by atoms with E-state index in [0.717, 1.165) is 44.8 Å². The molecule has 33 heavy (non-hydrogen) atoms. The summed E-state index contributed by atoms with van der Waals surface area (Å²) in [7, 11) is 0. The Balaban J connectivity index is 1.28. The minimum Gasteiger partial charge on any atom is -0.493 e. The minimum atomic E-state index is -0.0563. The summed E-state index contributed by atoms with van der Waals surface area (Å²) in [6, 6.07) is 12.7. The van der Waals surface area contributed by atoms with Crippen molar-refractivity contribution in [3.05, 3.63) is 59.9 Å². The van der Waals surface area contributed by atoms with Crippen LogP contribution in [0.3, 0.4) is 0 Å². The molecule has 2 aliphatic rings. The van der Waals surface area contributed by atoms with E-state index in [-0.39, 0.29) is 11.8 Å². The summed E-state index contributed by atoms with van der Waals surface area (Å²) in [5.41, 5.74) is 2.34. The molecular weight excluding hydrogens is 420 g/mol. The second kappa shape index (κ2) is 9.02. The van der Waals surface area contributed by atoms with E-state index in [0.29, 0.717) is 35.1 Å². The monoisotopic (exact) mass is 444 g/mol. The van der Waals surface area contributed by atoms with Gasteiger partial charge in [-0.05, 0) is 36.2 Å². The number of nitrogens with zero attached hydrogens (tertiary/aromatic N) is 6. The number of benzene rings is 1. The van der Waals surface area contributed by atoms with E-state index in [1.54, 1.807) is 42.6 Å². The van der Waals surface area contributed by atoms with Crippen molar-refractivity contribution < 1.29 is 14.6 Å². The molecule has 2 saturated heterocycles. The smallest absolute Gasteiger partial charge is 0.255 e. The van der Waals surface area contributed by atoms with Crippen LogP contribution < -0.4 is 0 Å². The van der Waals surface area contributed by atoms with Gasteiger partial charge < -0.3 is 14.7 Å². The molecule has 9 heteroatoms. The van der Waals surface area contributed by atoms with Crippen LogP contribution in [0.5, 0.6) is 5.88 Å². The first-order chi connectivity index (χ1) is 16.1. The molecule has 0 bridgehead atoms. The summed E-state index contributed by atoms with van der Waals surface area (Å²) in [5.74, 6) is 0.323. The minimum absolute atomic E-state index is 0.0345. The molecule has 2 aliphatic heterocycles. The molecule has 3 aromatic rings. The molecule has 5 rings (SSSR count). The fraction of sp³-hybridized carbons (Fsp3) is 0.333. The summed E-state index contributed by atoms with van der Waals surface area (Å²) in [6.45, 7) is 4.79. The van der Waals surface area contributed by atoms with Gasteiger partial charge in [0.15, 0.2) is 5.82 Å². The van der Waals surface area contributed by atoms with Crippen LogP contribution in [-0.4, -0.2) is 81.0 Å². The number of rotatable bonds is 4. The van der Waals surface area contributed by atoms with Crippen LogP contribution in [0.25, 0.3) is 16.9 Å². The zero-order valence-electron chi connectivity index (χ0n) is 18.1. The van der Waals surface area contributed by atoms with E-state index in [1.807, 2.05) is 4.90 Å². The summed E-state index contributed by atoms with van der Waals surface area (Å²) in [4.78, 5) is 21.6. The Morgan fingerprint density at radius 3 is 2.58 bits per heavy atom. The SMILES string of the molecule is N#Cc1ccc(-c2cnn(-c3ccc(C(=O)N4CCC(N5CCOCC5)C4)cn3)c2O)cc1. The van der Waals surface area contributed by atoms with Gasteiger partial charge >= 0.3 is 0 Å². The molecular formula is C24H24N6O3. The van der Waals surface area contributed by atoms with Gasteiger partial charge in [0.05, 0.1) is 42.2 Å². The summed E-state index contributed by atoms with van der Waals surface area (Å²) in [5, 5.41) is 23.9. The van der Waals surface area contributed by atoms with Crippen molar-refractivity contribution in [2.45, 2.75) is 12.5 Å². The number of ether oxygens (including phenoxy) is 1. The molecule has 0 spiro atoms. The molecule has 2 fully saturated rings. The number of carbonyl (C=O) groups is 1. The molecule has 9 nitrogen and oxygen atoms in total. The number of nitriles is 1. The molecule has 1 amide bonds. The van der Waals surface area contributed by atoms with E-state index in [2.05, 4.69) is 21.1 Å². The lowest BCUT2D eigenvalue weighted by Crippen LogP contribution is -2.45. The van der Waals surface area contributed by atoms with E-state index in [9.17, 15) is 9.90 Å². The molecule has 1 atom stereocenters. The first-order valence-electron chi connectivity index (χ1n) is 11.0. The second-order valence-electron chi connectivity index (χ2n) is 8.23. The maximum Gasteiger partial charge on any atom is 0.255 e. The standard InChI is InChI=1S/C24H24N6O3/c25-13-17-1-3-18(4-2-17)21-15-27-30(24(21)32)22-6-5-19(14-26-22)23(31)29-8-7-20(16-29)28-9-11-33-12-10-28/h1-6,14-15,20,32H,7-12,16H2. The number of carbonyl (C=O) groups excluding carboxylic acids is 1. The zero-order valence-corrected chi connectivity index (χ0v) is 18.1. The average Bonchev–Trinajstić information content (AvgIpc) is 3.52. The highest BCUT2D eigenvalue weighted by atomic mass is 16.5. The number of likely N-dealkylation sites (tertiary alicyclic amines) is 1. The van der Waals surface area contributed by atoms with Gasteiger partial charge in [0.25, 0.3) is 5.91 Å². The highest BCUT2D eigenvalue weighted by Gasteiger charge is 2.31. The number of aromatic hydroxyl groups is 1. The topological polar surface area (TPSA) is 108 Å². The Labute approximate surface area is 191 Å². The maximum atomic E-state index is 13.0. The Hall–Kier alpha value is -3.74. The molecule has 4 heterocycles. The fourth-order valence-corrected chi connectivity index (χ4v) is 4.42. The van der Waals surface area contributed by atoms with Crippen LogP contribution in [-0.2, 0) is 4.74 Å². The normalized spacial score (nSPS) is 18.9. The highest BCUT2D eigenvalue weighted by Crippen LogP contribution is 2.30. The van der Waals surface area contributed by atoms with Crippen molar-refractivity contribution in [2.75, 3.05) is 39.4 Å². The Morgan fingerprint density at radius 1 is 1.09 bits per heavy atom. The van der Waals surface area contributed by atoms with Gasteiger partial charge in [0.2, 0.25) is 5.88 Å². The van der Waals surface area contributed by atoms with Gasteiger partial charge in [0, 0.05) is 38.4 Å². The number of pyridine rings is 1. The lowest BCUT2D eigenvalue weighted by molar-refractivity contribution is 0.0185. The van der Waals surface area contributed by atoms with Gasteiger partial charge in [-0.2, -0.15) is 15.0 Å². The predicted octanol–water partition coefficient (Wildman–Crippen LogP) is 2.06. The molecule has 0 radical (unpaired) electrons. The van der Waals surface area contributed by atoms with Crippen molar-refractivity contribution in [2.24, 2.45) is 0 Å². The number of hydrogen-bond acceptors (Lipinski definition) is 7. The Bertz CT molecular complexity index is 1180. The maximum absolute atomic E-state index is 13.0. The molecule has 1 unspecified atom stereocenters. The third-order valence-electron chi connectivity index (χ3n) is 6.29. The predicted molar refractivity (Wildman–Crippen MR) is 120 cm³/mol. The van der Waals surface area contributed by atoms with E-state index in [4.69, 9.17) is 10.00 Å². The first-order valence-corrected chi connectivity index (χ1v) is 11.0. The molecule has 168 valence electrons. The molecule has 2 aromatic heterocycles. The number of morpholine rings is 1. The van der Waals surface area contributed by atoms with Crippen molar-refractivity contribution in [1.82, 2.24) is 24.6 Å². The van der Waals surface area contributed by atoms with Crippen LogP contribution in [0.2, 0.25) is 0 Å². The summed E-state index contributed by atoms with van der Waals surface area (Å²) in [6.07, 6.45) is 4.05. The third-order valence-corrected chi connectivity index (χ3v) is 6.29. The average molecular weight is 444 g/mol. The van der Waals surface area contributed by atoms with Crippen LogP contribution >= 0.6 is 0 Å². The summed E-state index contributed by atoms with van der Waals surface area (Å²) < 4.78 is 6.75. The van der Waals surface area contributed by atoms with Crippen molar-refractivity contribution >= 4 is 5.91 Å². The number of amides is 1. The third kappa shape index (κ3) is 4.18. The van der Waals surface area contributed by atoms with Crippen molar-refractivity contribution in [3.8, 4) is 28.9 Å². The van der Waals surface area contributed by atoms with Gasteiger partial charge in [-0.25, -0.2) is 4.98 Å². The van der Waals surface area contributed by atoms with E-state index in [1.165, 1.54) is 10.9 Å². The largest absolute Gasteiger partial charge is 0.493 e. The van der Waals surface area contributed by atoms with Gasteiger partial charge in [0.1, 0.15) is 0 Å². The van der Waals surface area contributed by atoms with Crippen molar-refractivity contribution in [1.29, 1.82) is 5.26 Å². The lowest BCUT2D eigenvalue weighted by atomic mass is 10.1. The zero-order chi connectivity index (χ0) is 22.8. The molecule has 0 aliphatic carbocycles. The first kappa shape index (κ1) is 21.1. The van der Waals surface area contributed by atoms with Crippen LogP contribution in [0.15, 0.2) is 48.8 Å². The van der Waals surface area contributed by atoms with Gasteiger partial charge in [-0.1, -0.05) is 12.1 Å². The summed E-state index contributed by atoms with van der Waals surface area (Å²) >= 11 is 0. The molecule has 1 N–H and O–H groups in total. The molecule has 1 aromatic carbocycles. The number of hydrogen-bond donors (Lipinski definition) is 1. The number of aromatic nitrogens is 3. The van der Waals surface area contributed by atoms with Crippen molar-refractivity contribution in [3.63, 3.8) is 0 Å². The lowest BCUT2D eigenvalue weighted by Gasteiger charge is -2.32. The van der Waals surface area contributed by atoms with E-state index < -0.39 is 0 Å². The highest BCUT2D eigenvalue weighted by molar-refractivity contribution is 5.94. The second-order valence-corrected chi connectivity index (χ2v) is 8.23. The van der Waals surface area contributed by atoms with E-state index >= 15 is 0 Å². The Kier molecular flexibility index (Phi) is 5.77. The fourth-order valence-electron chi connectivity index (χ4n) is 4.42. The van der Waals surface area contributed by atoms with Crippen LogP contribution in [0, 0.1) is 11.3 Å². The molecule has 0 saturated carbocycles. The van der Waals surface area contributed by atoms with Crippen LogP contribution in [0.1, 0.15) is 22.3 Å².